The van der Waals surface area contributed by atoms with Crippen molar-refractivity contribution in [1.82, 2.24) is 0 Å². The number of nitrogens with two attached hydrogens (primary N) is 1. The first-order valence-electron chi connectivity index (χ1n) is 3.66. The van der Waals surface area contributed by atoms with Crippen molar-refractivity contribution in [2.24, 2.45) is 0 Å². The van der Waals surface area contributed by atoms with Crippen molar-refractivity contribution in [3.05, 3.63) is 23.8 Å². The first-order chi connectivity index (χ1) is 6.27. The molecule has 0 atom stereocenters. The first-order valence-corrected chi connectivity index (χ1v) is 3.66. The average Bonchev–Trinajstić information content (AvgIpc) is 2.16. The standard InChI is InChI=1S/C10H9NO2/c1-13-9-5-4-8(3-2-6-12)10(11)7-9/h4-7H,11H2,1H3. The van der Waals surface area contributed by atoms with Gasteiger partial charge in [-0.25, -0.2) is 0 Å². The zero-order valence-corrected chi connectivity index (χ0v) is 7.20. The smallest absolute Gasteiger partial charge is 0.193 e. The first kappa shape index (κ1) is 9.14. The van der Waals surface area contributed by atoms with Crippen LogP contribution in [0.15, 0.2) is 18.2 Å². The molecule has 1 aromatic carbocycles. The van der Waals surface area contributed by atoms with Gasteiger partial charge < -0.3 is 10.5 Å². The highest BCUT2D eigenvalue weighted by Gasteiger charge is 1.96. The van der Waals surface area contributed by atoms with Crippen molar-refractivity contribution < 1.29 is 9.53 Å². The summed E-state index contributed by atoms with van der Waals surface area (Å²) in [4.78, 5) is 9.97. The number of nitrogen functional groups attached to an aromatic ring is 1. The Bertz CT molecular complexity index is 374. The van der Waals surface area contributed by atoms with Crippen LogP contribution < -0.4 is 10.5 Å². The number of aldehydes is 1. The summed E-state index contributed by atoms with van der Waals surface area (Å²) in [7, 11) is 1.56. The fourth-order valence-electron chi connectivity index (χ4n) is 0.889. The van der Waals surface area contributed by atoms with Crippen LogP contribution in [0, 0.1) is 11.8 Å². The molecule has 0 aromatic heterocycles. The van der Waals surface area contributed by atoms with Gasteiger partial charge >= 0.3 is 0 Å². The van der Waals surface area contributed by atoms with Gasteiger partial charge in [0.2, 0.25) is 0 Å². The molecule has 0 fully saturated rings. The third-order valence-electron chi connectivity index (χ3n) is 1.52. The second-order valence-corrected chi connectivity index (χ2v) is 2.34. The SMILES string of the molecule is COc1ccc(C#CC=O)c(N)c1. The minimum atomic E-state index is 0.508. The normalized spacial score (nSPS) is 8.38. The molecular weight excluding hydrogens is 166 g/mol. The second-order valence-electron chi connectivity index (χ2n) is 2.34. The molecule has 0 saturated heterocycles. The highest BCUT2D eigenvalue weighted by Crippen LogP contribution is 2.18. The molecule has 3 heteroatoms. The summed E-state index contributed by atoms with van der Waals surface area (Å²) < 4.78 is 4.96. The Morgan fingerprint density at radius 3 is 2.85 bits per heavy atom. The Kier molecular flexibility index (Phi) is 2.93. The van der Waals surface area contributed by atoms with Crippen LogP contribution in [0.1, 0.15) is 5.56 Å². The molecule has 0 aliphatic carbocycles. The van der Waals surface area contributed by atoms with Crippen LogP contribution in [0.25, 0.3) is 0 Å². The van der Waals surface area contributed by atoms with E-state index in [0.717, 1.165) is 0 Å². The Morgan fingerprint density at radius 2 is 2.31 bits per heavy atom. The second kappa shape index (κ2) is 4.17. The van der Waals surface area contributed by atoms with E-state index in [1.165, 1.54) is 0 Å². The van der Waals surface area contributed by atoms with Gasteiger partial charge in [-0.05, 0) is 18.1 Å². The number of hydrogen-bond acceptors (Lipinski definition) is 3. The van der Waals surface area contributed by atoms with E-state index in [2.05, 4.69) is 11.8 Å². The summed E-state index contributed by atoms with van der Waals surface area (Å²) in [6, 6.07) is 5.12. The predicted molar refractivity (Wildman–Crippen MR) is 50.3 cm³/mol. The number of carbonyl (C=O) groups is 1. The van der Waals surface area contributed by atoms with Crippen LogP contribution in [0.2, 0.25) is 0 Å². The molecule has 0 bridgehead atoms. The van der Waals surface area contributed by atoms with Crippen LogP contribution in [-0.4, -0.2) is 13.4 Å². The third-order valence-corrected chi connectivity index (χ3v) is 1.52. The molecule has 66 valence electrons. The lowest BCUT2D eigenvalue weighted by Gasteiger charge is -2.01. The highest BCUT2D eigenvalue weighted by atomic mass is 16.5. The Hall–Kier alpha value is -1.95. The van der Waals surface area contributed by atoms with Crippen LogP contribution in [0.4, 0.5) is 5.69 Å². The van der Waals surface area contributed by atoms with Crippen molar-refractivity contribution in [3.63, 3.8) is 0 Å². The molecule has 0 radical (unpaired) electrons. The number of benzene rings is 1. The number of anilines is 1. The molecule has 13 heavy (non-hydrogen) atoms. The molecule has 2 N–H and O–H groups in total. The molecule has 1 rings (SSSR count). The van der Waals surface area contributed by atoms with Crippen LogP contribution in [0.5, 0.6) is 5.75 Å². The van der Waals surface area contributed by atoms with Gasteiger partial charge in [0.15, 0.2) is 6.29 Å². The minimum absolute atomic E-state index is 0.508. The number of hydrogen-bond donors (Lipinski definition) is 1. The van der Waals surface area contributed by atoms with E-state index in [0.29, 0.717) is 23.3 Å². The molecule has 0 aliphatic rings. The minimum Gasteiger partial charge on any atom is -0.497 e. The number of ether oxygens (including phenoxy) is 1. The van der Waals surface area contributed by atoms with Gasteiger partial charge in [0, 0.05) is 11.6 Å². The topological polar surface area (TPSA) is 52.3 Å². The average molecular weight is 175 g/mol. The summed E-state index contributed by atoms with van der Waals surface area (Å²) in [6.45, 7) is 0. The summed E-state index contributed by atoms with van der Waals surface area (Å²) >= 11 is 0. The fourth-order valence-corrected chi connectivity index (χ4v) is 0.889. The quantitative estimate of drug-likeness (QED) is 0.390. The molecule has 0 aliphatic heterocycles. The van der Waals surface area contributed by atoms with Crippen molar-refractivity contribution in [2.45, 2.75) is 0 Å². The maximum atomic E-state index is 9.97. The van der Waals surface area contributed by atoms with Gasteiger partial charge in [-0.15, -0.1) is 0 Å². The number of rotatable bonds is 1. The van der Waals surface area contributed by atoms with Gasteiger partial charge in [0.05, 0.1) is 12.8 Å². The maximum absolute atomic E-state index is 9.97. The fraction of sp³-hybridized carbons (Fsp3) is 0.100. The van der Waals surface area contributed by atoms with Gasteiger partial charge in [0.1, 0.15) is 5.75 Å². The van der Waals surface area contributed by atoms with Crippen molar-refractivity contribution in [3.8, 4) is 17.6 Å². The predicted octanol–water partition coefficient (Wildman–Crippen LogP) is 0.828. The summed E-state index contributed by atoms with van der Waals surface area (Å²) in [5, 5.41) is 0. The molecule has 3 nitrogen and oxygen atoms in total. The molecule has 1 aromatic rings. The monoisotopic (exact) mass is 175 g/mol. The van der Waals surface area contributed by atoms with E-state index in [1.54, 1.807) is 25.3 Å². The van der Waals surface area contributed by atoms with Gasteiger partial charge in [-0.1, -0.05) is 5.92 Å². The molecule has 0 spiro atoms. The van der Waals surface area contributed by atoms with E-state index in [1.807, 2.05) is 0 Å². The number of carbonyl (C=O) groups excluding carboxylic acids is 1. The van der Waals surface area contributed by atoms with E-state index < -0.39 is 0 Å². The maximum Gasteiger partial charge on any atom is 0.193 e. The Morgan fingerprint density at radius 1 is 1.54 bits per heavy atom. The van der Waals surface area contributed by atoms with Crippen LogP contribution in [-0.2, 0) is 4.79 Å². The van der Waals surface area contributed by atoms with E-state index in [9.17, 15) is 4.79 Å². The van der Waals surface area contributed by atoms with Gasteiger partial charge in [-0.2, -0.15) is 0 Å². The van der Waals surface area contributed by atoms with Crippen LogP contribution in [0.3, 0.4) is 0 Å². The van der Waals surface area contributed by atoms with Crippen molar-refractivity contribution >= 4 is 12.0 Å². The number of methoxy groups -OCH3 is 1. The van der Waals surface area contributed by atoms with Gasteiger partial charge in [-0.3, -0.25) is 4.79 Å². The van der Waals surface area contributed by atoms with Crippen molar-refractivity contribution in [2.75, 3.05) is 12.8 Å². The Balaban J connectivity index is 3.05. The lowest BCUT2D eigenvalue weighted by molar-refractivity contribution is -0.103. The molecule has 0 heterocycles. The van der Waals surface area contributed by atoms with Gasteiger partial charge in [0.25, 0.3) is 0 Å². The van der Waals surface area contributed by atoms with E-state index in [4.69, 9.17) is 10.5 Å². The highest BCUT2D eigenvalue weighted by molar-refractivity contribution is 5.75. The van der Waals surface area contributed by atoms with Crippen LogP contribution >= 0.6 is 0 Å². The summed E-state index contributed by atoms with van der Waals surface area (Å²) in [5.74, 6) is 5.58. The van der Waals surface area contributed by atoms with E-state index >= 15 is 0 Å². The lowest BCUT2D eigenvalue weighted by Crippen LogP contribution is -1.91. The zero-order valence-electron chi connectivity index (χ0n) is 7.20. The summed E-state index contributed by atoms with van der Waals surface area (Å²) in [5.41, 5.74) is 6.78. The van der Waals surface area contributed by atoms with Crippen molar-refractivity contribution in [1.29, 1.82) is 0 Å². The molecule has 0 saturated carbocycles. The van der Waals surface area contributed by atoms with E-state index in [-0.39, 0.29) is 0 Å². The zero-order chi connectivity index (χ0) is 9.68. The molecular formula is C10H9NO2. The summed E-state index contributed by atoms with van der Waals surface area (Å²) in [6.07, 6.45) is 0.531. The Labute approximate surface area is 76.5 Å². The largest absolute Gasteiger partial charge is 0.497 e. The molecule has 0 unspecified atom stereocenters. The molecule has 0 amide bonds. The third kappa shape index (κ3) is 2.24. The lowest BCUT2D eigenvalue weighted by atomic mass is 10.2.